The molecule has 2 aliphatic heterocycles. The van der Waals surface area contributed by atoms with Gasteiger partial charge in [-0.3, -0.25) is 4.90 Å². The minimum absolute atomic E-state index is 0.0959. The lowest BCUT2D eigenvalue weighted by atomic mass is 9.96. The normalized spacial score (nSPS) is 20.5. The van der Waals surface area contributed by atoms with Crippen molar-refractivity contribution in [1.29, 1.82) is 0 Å². The van der Waals surface area contributed by atoms with Crippen LogP contribution in [-0.2, 0) is 12.0 Å². The molecule has 0 saturated carbocycles. The summed E-state index contributed by atoms with van der Waals surface area (Å²) in [5.74, 6) is 1.41. The first-order valence-corrected chi connectivity index (χ1v) is 9.03. The van der Waals surface area contributed by atoms with Gasteiger partial charge in [-0.1, -0.05) is 25.9 Å². The van der Waals surface area contributed by atoms with Gasteiger partial charge in [0.25, 0.3) is 0 Å². The van der Waals surface area contributed by atoms with Crippen molar-refractivity contribution in [2.45, 2.75) is 52.0 Å². The first-order chi connectivity index (χ1) is 11.4. The summed E-state index contributed by atoms with van der Waals surface area (Å²) < 4.78 is 5.37. The lowest BCUT2D eigenvalue weighted by Crippen LogP contribution is -2.53. The fourth-order valence-electron chi connectivity index (χ4n) is 3.20. The SMILES string of the molecule is CC(C)(C)c1noc(CN2CCN(C(=O)N3CCCCC3)CC2)n1. The van der Waals surface area contributed by atoms with Crippen LogP contribution in [0.4, 0.5) is 4.79 Å². The van der Waals surface area contributed by atoms with Gasteiger partial charge in [-0.25, -0.2) is 4.79 Å². The minimum atomic E-state index is -0.0959. The molecule has 24 heavy (non-hydrogen) atoms. The third-order valence-corrected chi connectivity index (χ3v) is 4.77. The fourth-order valence-corrected chi connectivity index (χ4v) is 3.20. The quantitative estimate of drug-likeness (QED) is 0.828. The number of carbonyl (C=O) groups excluding carboxylic acids is 1. The van der Waals surface area contributed by atoms with E-state index < -0.39 is 0 Å². The number of carbonyl (C=O) groups is 1. The number of likely N-dealkylation sites (tertiary alicyclic amines) is 1. The summed E-state index contributed by atoms with van der Waals surface area (Å²) in [6, 6.07) is 0.210. The molecular weight excluding hydrogens is 306 g/mol. The van der Waals surface area contributed by atoms with Crippen molar-refractivity contribution in [1.82, 2.24) is 24.8 Å². The second kappa shape index (κ2) is 7.09. The van der Waals surface area contributed by atoms with Gasteiger partial charge in [0.1, 0.15) is 0 Å². The zero-order chi connectivity index (χ0) is 17.2. The van der Waals surface area contributed by atoms with Crippen LogP contribution in [0.15, 0.2) is 4.52 Å². The van der Waals surface area contributed by atoms with Crippen molar-refractivity contribution in [3.8, 4) is 0 Å². The van der Waals surface area contributed by atoms with Crippen LogP contribution in [0.5, 0.6) is 0 Å². The monoisotopic (exact) mass is 335 g/mol. The lowest BCUT2D eigenvalue weighted by molar-refractivity contribution is 0.0998. The Bertz CT molecular complexity index is 552. The summed E-state index contributed by atoms with van der Waals surface area (Å²) in [5.41, 5.74) is -0.0959. The van der Waals surface area contributed by atoms with Crippen molar-refractivity contribution in [2.24, 2.45) is 0 Å². The molecule has 0 N–H and O–H groups in total. The molecule has 7 heteroatoms. The Balaban J connectivity index is 1.48. The number of rotatable bonds is 2. The summed E-state index contributed by atoms with van der Waals surface area (Å²) in [5, 5.41) is 4.07. The van der Waals surface area contributed by atoms with Gasteiger partial charge in [-0.2, -0.15) is 4.98 Å². The second-order valence-corrected chi connectivity index (χ2v) is 7.86. The van der Waals surface area contributed by atoms with Crippen LogP contribution in [0.25, 0.3) is 0 Å². The maximum atomic E-state index is 12.5. The number of piperazine rings is 1. The summed E-state index contributed by atoms with van der Waals surface area (Å²) in [6.45, 7) is 12.0. The highest BCUT2D eigenvalue weighted by Gasteiger charge is 2.27. The van der Waals surface area contributed by atoms with Crippen LogP contribution in [-0.4, -0.2) is 70.1 Å². The topological polar surface area (TPSA) is 65.7 Å². The zero-order valence-corrected chi connectivity index (χ0v) is 15.1. The highest BCUT2D eigenvalue weighted by molar-refractivity contribution is 5.74. The Hall–Kier alpha value is -1.63. The van der Waals surface area contributed by atoms with Gasteiger partial charge in [-0.15, -0.1) is 0 Å². The standard InChI is InChI=1S/C17H29N5O2/c1-17(2,3)15-18-14(24-19-15)13-20-9-11-22(12-10-20)16(23)21-7-5-4-6-8-21/h4-13H2,1-3H3. The highest BCUT2D eigenvalue weighted by atomic mass is 16.5. The van der Waals surface area contributed by atoms with Crippen LogP contribution in [0.2, 0.25) is 0 Å². The molecule has 7 nitrogen and oxygen atoms in total. The van der Waals surface area contributed by atoms with E-state index in [-0.39, 0.29) is 11.4 Å². The molecule has 2 amide bonds. The molecule has 3 rings (SSSR count). The largest absolute Gasteiger partial charge is 0.338 e. The summed E-state index contributed by atoms with van der Waals surface area (Å²) in [4.78, 5) is 23.3. The number of nitrogens with zero attached hydrogens (tertiary/aromatic N) is 5. The molecule has 1 aromatic heterocycles. The number of urea groups is 1. The van der Waals surface area contributed by atoms with E-state index in [0.29, 0.717) is 12.4 Å². The zero-order valence-electron chi connectivity index (χ0n) is 15.1. The van der Waals surface area contributed by atoms with Crippen molar-refractivity contribution in [3.63, 3.8) is 0 Å². The van der Waals surface area contributed by atoms with Gasteiger partial charge in [-0.05, 0) is 19.3 Å². The van der Waals surface area contributed by atoms with E-state index in [1.807, 2.05) is 9.80 Å². The molecule has 0 aliphatic carbocycles. The van der Waals surface area contributed by atoms with Crippen molar-refractivity contribution < 1.29 is 9.32 Å². The maximum absolute atomic E-state index is 12.5. The number of amides is 2. The molecule has 134 valence electrons. The van der Waals surface area contributed by atoms with Crippen molar-refractivity contribution in [3.05, 3.63) is 11.7 Å². The van der Waals surface area contributed by atoms with Gasteiger partial charge in [0, 0.05) is 44.7 Å². The molecule has 2 saturated heterocycles. The maximum Gasteiger partial charge on any atom is 0.320 e. The predicted octanol–water partition coefficient (Wildman–Crippen LogP) is 2.09. The Kier molecular flexibility index (Phi) is 5.08. The van der Waals surface area contributed by atoms with Gasteiger partial charge < -0.3 is 14.3 Å². The molecule has 0 atom stereocenters. The Morgan fingerprint density at radius 1 is 1.00 bits per heavy atom. The Labute approximate surface area is 144 Å². The first-order valence-electron chi connectivity index (χ1n) is 9.03. The van der Waals surface area contributed by atoms with Gasteiger partial charge in [0.05, 0.1) is 6.54 Å². The predicted molar refractivity (Wildman–Crippen MR) is 90.7 cm³/mol. The number of hydrogen-bond donors (Lipinski definition) is 0. The number of piperidine rings is 1. The third kappa shape index (κ3) is 4.06. The van der Waals surface area contributed by atoms with Crippen LogP contribution >= 0.6 is 0 Å². The molecule has 0 spiro atoms. The van der Waals surface area contributed by atoms with E-state index in [1.54, 1.807) is 0 Å². The molecule has 0 aromatic carbocycles. The molecule has 2 aliphatic rings. The molecule has 0 unspecified atom stereocenters. The molecule has 2 fully saturated rings. The molecule has 3 heterocycles. The Morgan fingerprint density at radius 2 is 1.62 bits per heavy atom. The number of aromatic nitrogens is 2. The lowest BCUT2D eigenvalue weighted by Gasteiger charge is -2.38. The van der Waals surface area contributed by atoms with Crippen molar-refractivity contribution in [2.75, 3.05) is 39.3 Å². The molecule has 1 aromatic rings. The smallest absolute Gasteiger partial charge is 0.320 e. The van der Waals surface area contributed by atoms with E-state index in [9.17, 15) is 4.79 Å². The van der Waals surface area contributed by atoms with E-state index in [4.69, 9.17) is 4.52 Å². The van der Waals surface area contributed by atoms with Gasteiger partial charge in [0.15, 0.2) is 5.82 Å². The second-order valence-electron chi connectivity index (χ2n) is 7.86. The molecular formula is C17H29N5O2. The van der Waals surface area contributed by atoms with Gasteiger partial charge >= 0.3 is 6.03 Å². The summed E-state index contributed by atoms with van der Waals surface area (Å²) in [7, 11) is 0. The molecule has 0 bridgehead atoms. The number of hydrogen-bond acceptors (Lipinski definition) is 5. The van der Waals surface area contributed by atoms with Crippen LogP contribution < -0.4 is 0 Å². The van der Waals surface area contributed by atoms with Crippen LogP contribution in [0.3, 0.4) is 0 Å². The van der Waals surface area contributed by atoms with Gasteiger partial charge in [0.2, 0.25) is 5.89 Å². The Morgan fingerprint density at radius 3 is 2.21 bits per heavy atom. The van der Waals surface area contributed by atoms with E-state index in [0.717, 1.165) is 57.9 Å². The summed E-state index contributed by atoms with van der Waals surface area (Å²) >= 11 is 0. The van der Waals surface area contributed by atoms with Crippen LogP contribution in [0.1, 0.15) is 51.7 Å². The first kappa shape index (κ1) is 17.2. The summed E-state index contributed by atoms with van der Waals surface area (Å²) in [6.07, 6.45) is 3.52. The van der Waals surface area contributed by atoms with Crippen LogP contribution in [0, 0.1) is 0 Å². The minimum Gasteiger partial charge on any atom is -0.338 e. The fraction of sp³-hybridized carbons (Fsp3) is 0.824. The van der Waals surface area contributed by atoms with Crippen molar-refractivity contribution >= 4 is 6.03 Å². The average Bonchev–Trinajstić information content (AvgIpc) is 3.05. The van der Waals surface area contributed by atoms with E-state index >= 15 is 0 Å². The highest BCUT2D eigenvalue weighted by Crippen LogP contribution is 2.19. The average molecular weight is 335 g/mol. The molecule has 0 radical (unpaired) electrons. The van der Waals surface area contributed by atoms with E-state index in [2.05, 4.69) is 35.8 Å². The van der Waals surface area contributed by atoms with E-state index in [1.165, 1.54) is 6.42 Å². The third-order valence-electron chi connectivity index (χ3n) is 4.77.